The van der Waals surface area contributed by atoms with E-state index >= 15 is 0 Å². The highest BCUT2D eigenvalue weighted by Gasteiger charge is 2.27. The fourth-order valence-electron chi connectivity index (χ4n) is 1.61. The molecule has 9 nitrogen and oxygen atoms in total. The van der Waals surface area contributed by atoms with E-state index in [-0.39, 0.29) is 18.8 Å². The van der Waals surface area contributed by atoms with Crippen LogP contribution in [0.5, 0.6) is 0 Å². The molecule has 22 heavy (non-hydrogen) atoms. The van der Waals surface area contributed by atoms with Gasteiger partial charge in [-0.2, -0.15) is 0 Å². The summed E-state index contributed by atoms with van der Waals surface area (Å²) in [5, 5.41) is 13.7. The van der Waals surface area contributed by atoms with Crippen molar-refractivity contribution in [1.82, 2.24) is 10.6 Å². The van der Waals surface area contributed by atoms with Gasteiger partial charge in [0.1, 0.15) is 12.1 Å². The topological polar surface area (TPSA) is 165 Å². The van der Waals surface area contributed by atoms with Gasteiger partial charge >= 0.3 is 5.97 Å². The third kappa shape index (κ3) is 7.02. The Morgan fingerprint density at radius 1 is 1.05 bits per heavy atom. The number of nitrogens with one attached hydrogen (secondary N) is 2. The van der Waals surface area contributed by atoms with Gasteiger partial charge in [0, 0.05) is 6.42 Å². The van der Waals surface area contributed by atoms with E-state index in [2.05, 4.69) is 10.6 Å². The van der Waals surface area contributed by atoms with Gasteiger partial charge in [-0.15, -0.1) is 0 Å². The van der Waals surface area contributed by atoms with Crippen LogP contribution >= 0.6 is 0 Å². The summed E-state index contributed by atoms with van der Waals surface area (Å²) in [5.41, 5.74) is 10.5. The maximum atomic E-state index is 11.9. The molecule has 0 aliphatic carbocycles. The van der Waals surface area contributed by atoms with Gasteiger partial charge in [0.2, 0.25) is 17.7 Å². The highest BCUT2D eigenvalue weighted by molar-refractivity contribution is 5.91. The number of amides is 3. The smallest absolute Gasteiger partial charge is 0.326 e. The van der Waals surface area contributed by atoms with E-state index in [1.165, 1.54) is 6.92 Å². The highest BCUT2D eigenvalue weighted by Crippen LogP contribution is 2.02. The van der Waals surface area contributed by atoms with E-state index in [4.69, 9.17) is 16.6 Å². The summed E-state index contributed by atoms with van der Waals surface area (Å²) in [4.78, 5) is 45.3. The maximum absolute atomic E-state index is 11.9. The first-order valence-corrected chi connectivity index (χ1v) is 6.93. The molecule has 0 aromatic rings. The molecule has 0 saturated heterocycles. The van der Waals surface area contributed by atoms with Crippen LogP contribution in [-0.4, -0.2) is 46.9 Å². The highest BCUT2D eigenvalue weighted by atomic mass is 16.4. The minimum Gasteiger partial charge on any atom is -0.480 e. The third-order valence-corrected chi connectivity index (χ3v) is 3.02. The zero-order chi connectivity index (χ0) is 17.4. The van der Waals surface area contributed by atoms with Gasteiger partial charge in [-0.25, -0.2) is 4.79 Å². The number of aliphatic carboxylic acids is 1. The van der Waals surface area contributed by atoms with Gasteiger partial charge in [-0.1, -0.05) is 13.8 Å². The molecule has 0 bridgehead atoms. The van der Waals surface area contributed by atoms with Gasteiger partial charge in [-0.05, 0) is 19.3 Å². The van der Waals surface area contributed by atoms with Crippen molar-refractivity contribution in [3.8, 4) is 0 Å². The van der Waals surface area contributed by atoms with E-state index in [1.807, 2.05) is 0 Å². The van der Waals surface area contributed by atoms with Crippen molar-refractivity contribution in [3.05, 3.63) is 0 Å². The quantitative estimate of drug-likeness (QED) is 0.340. The Bertz CT molecular complexity index is 438. The lowest BCUT2D eigenvalue weighted by molar-refractivity contribution is -0.143. The number of hydrogen-bond donors (Lipinski definition) is 5. The molecule has 3 amide bonds. The van der Waals surface area contributed by atoms with Crippen molar-refractivity contribution in [2.45, 2.75) is 51.7 Å². The summed E-state index contributed by atoms with van der Waals surface area (Å²) in [6, 6.07) is -2.97. The summed E-state index contributed by atoms with van der Waals surface area (Å²) in [5.74, 6) is -3.27. The molecule has 0 spiro atoms. The van der Waals surface area contributed by atoms with Crippen molar-refractivity contribution >= 4 is 23.7 Å². The SMILES string of the molecule is CC(C)[C@H](NC(=O)[C@H](C)NC(=O)[C@@H](N)CCC(N)=O)C(=O)O. The van der Waals surface area contributed by atoms with Crippen LogP contribution in [0, 0.1) is 5.92 Å². The van der Waals surface area contributed by atoms with Crippen LogP contribution < -0.4 is 22.1 Å². The lowest BCUT2D eigenvalue weighted by Crippen LogP contribution is -2.54. The molecular formula is C13H24N4O5. The third-order valence-electron chi connectivity index (χ3n) is 3.02. The van der Waals surface area contributed by atoms with Crippen LogP contribution in [0.3, 0.4) is 0 Å². The van der Waals surface area contributed by atoms with Crippen molar-refractivity contribution in [2.24, 2.45) is 17.4 Å². The molecule has 0 aromatic carbocycles. The lowest BCUT2D eigenvalue weighted by Gasteiger charge is -2.22. The Balaban J connectivity index is 4.48. The Morgan fingerprint density at radius 3 is 2.00 bits per heavy atom. The molecule has 0 heterocycles. The van der Waals surface area contributed by atoms with Crippen LogP contribution in [-0.2, 0) is 19.2 Å². The van der Waals surface area contributed by atoms with Gasteiger partial charge in [0.05, 0.1) is 6.04 Å². The Morgan fingerprint density at radius 2 is 1.59 bits per heavy atom. The molecule has 0 fully saturated rings. The van der Waals surface area contributed by atoms with E-state index < -0.39 is 41.8 Å². The van der Waals surface area contributed by atoms with Crippen LogP contribution in [0.2, 0.25) is 0 Å². The number of carboxylic acids is 1. The Kier molecular flexibility index (Phi) is 8.10. The number of primary amides is 1. The molecule has 0 saturated carbocycles. The fourth-order valence-corrected chi connectivity index (χ4v) is 1.61. The number of carbonyl (C=O) groups is 4. The summed E-state index contributed by atoms with van der Waals surface area (Å²) >= 11 is 0. The first-order chi connectivity index (χ1) is 10.1. The van der Waals surface area contributed by atoms with E-state index in [1.54, 1.807) is 13.8 Å². The summed E-state index contributed by atoms with van der Waals surface area (Å²) in [7, 11) is 0. The number of rotatable bonds is 9. The number of carboxylic acid groups (broad SMARTS) is 1. The number of carbonyl (C=O) groups excluding carboxylic acids is 3. The maximum Gasteiger partial charge on any atom is 0.326 e. The average Bonchev–Trinajstić information content (AvgIpc) is 2.40. The summed E-state index contributed by atoms with van der Waals surface area (Å²) < 4.78 is 0. The van der Waals surface area contributed by atoms with Crippen LogP contribution in [0.25, 0.3) is 0 Å². The van der Waals surface area contributed by atoms with Crippen LogP contribution in [0.15, 0.2) is 0 Å². The minimum atomic E-state index is -1.15. The fraction of sp³-hybridized carbons (Fsp3) is 0.692. The first kappa shape index (κ1) is 19.8. The molecule has 0 aliphatic rings. The minimum absolute atomic E-state index is 0.0381. The van der Waals surface area contributed by atoms with Gasteiger partial charge in [0.15, 0.2) is 0 Å². The Labute approximate surface area is 128 Å². The van der Waals surface area contributed by atoms with Crippen molar-refractivity contribution in [3.63, 3.8) is 0 Å². The normalized spacial score (nSPS) is 14.8. The lowest BCUT2D eigenvalue weighted by atomic mass is 10.0. The molecule has 0 unspecified atom stereocenters. The van der Waals surface area contributed by atoms with Crippen LogP contribution in [0.1, 0.15) is 33.6 Å². The van der Waals surface area contributed by atoms with Gasteiger partial charge in [-0.3, -0.25) is 14.4 Å². The predicted molar refractivity (Wildman–Crippen MR) is 78.4 cm³/mol. The molecule has 0 radical (unpaired) electrons. The molecule has 0 aliphatic heterocycles. The number of hydrogen-bond acceptors (Lipinski definition) is 5. The van der Waals surface area contributed by atoms with Crippen molar-refractivity contribution in [1.29, 1.82) is 0 Å². The second kappa shape index (κ2) is 8.98. The molecular weight excluding hydrogens is 292 g/mol. The zero-order valence-corrected chi connectivity index (χ0v) is 13.0. The second-order valence-corrected chi connectivity index (χ2v) is 5.41. The summed E-state index contributed by atoms with van der Waals surface area (Å²) in [6.07, 6.45) is 0.0306. The summed E-state index contributed by atoms with van der Waals surface area (Å²) in [6.45, 7) is 4.72. The molecule has 0 rings (SSSR count). The molecule has 7 N–H and O–H groups in total. The zero-order valence-electron chi connectivity index (χ0n) is 13.0. The van der Waals surface area contributed by atoms with E-state index in [0.29, 0.717) is 0 Å². The van der Waals surface area contributed by atoms with E-state index in [0.717, 1.165) is 0 Å². The predicted octanol–water partition coefficient (Wildman–Crippen LogP) is -1.69. The average molecular weight is 316 g/mol. The number of nitrogens with two attached hydrogens (primary N) is 2. The van der Waals surface area contributed by atoms with E-state index in [9.17, 15) is 19.2 Å². The first-order valence-electron chi connectivity index (χ1n) is 6.93. The van der Waals surface area contributed by atoms with Gasteiger partial charge < -0.3 is 27.2 Å². The molecule has 126 valence electrons. The van der Waals surface area contributed by atoms with Crippen LogP contribution in [0.4, 0.5) is 0 Å². The van der Waals surface area contributed by atoms with Gasteiger partial charge in [0.25, 0.3) is 0 Å². The monoisotopic (exact) mass is 316 g/mol. The largest absolute Gasteiger partial charge is 0.480 e. The Hall–Kier alpha value is -2.16. The molecule has 0 aromatic heterocycles. The second-order valence-electron chi connectivity index (χ2n) is 5.41. The van der Waals surface area contributed by atoms with Crippen molar-refractivity contribution < 1.29 is 24.3 Å². The van der Waals surface area contributed by atoms with Crippen molar-refractivity contribution in [2.75, 3.05) is 0 Å². The molecule has 3 atom stereocenters. The molecule has 9 heteroatoms. The standard InChI is InChI=1S/C13H24N4O5/c1-6(2)10(13(21)22)17-11(19)7(3)16-12(20)8(14)4-5-9(15)18/h6-8,10H,4-5,14H2,1-3H3,(H2,15,18)(H,16,20)(H,17,19)(H,21,22)/t7-,8-,10-/m0/s1.